The molecule has 3 N–H and O–H groups in total. The summed E-state index contributed by atoms with van der Waals surface area (Å²) in [5.74, 6) is -0.128. The predicted molar refractivity (Wildman–Crippen MR) is 79.4 cm³/mol. The van der Waals surface area contributed by atoms with E-state index >= 15 is 0 Å². The van der Waals surface area contributed by atoms with Crippen LogP contribution >= 0.6 is 0 Å². The van der Waals surface area contributed by atoms with E-state index in [0.29, 0.717) is 0 Å². The molecule has 1 atom stereocenters. The highest BCUT2D eigenvalue weighted by Crippen LogP contribution is 2.10. The van der Waals surface area contributed by atoms with Gasteiger partial charge in [0.15, 0.2) is 0 Å². The number of nitrogens with one attached hydrogen (secondary N) is 1. The monoisotopic (exact) mass is 252 g/mol. The van der Waals surface area contributed by atoms with Gasteiger partial charge >= 0.3 is 0 Å². The lowest BCUT2D eigenvalue weighted by atomic mass is 10.1. The second-order valence-corrected chi connectivity index (χ2v) is 3.61. The Labute approximate surface area is 112 Å². The summed E-state index contributed by atoms with van der Waals surface area (Å²) in [5.41, 5.74) is 6.27. The molecule has 0 bridgehead atoms. The third-order valence-corrected chi connectivity index (χ3v) is 1.86. The van der Waals surface area contributed by atoms with Crippen molar-refractivity contribution in [2.24, 2.45) is 5.73 Å². The van der Waals surface area contributed by atoms with Crippen LogP contribution in [0.1, 0.15) is 52.6 Å². The van der Waals surface area contributed by atoms with Crippen molar-refractivity contribution >= 4 is 5.91 Å². The average molecular weight is 252 g/mol. The molecular formula is C15H28N2O. The van der Waals surface area contributed by atoms with E-state index in [1.54, 1.807) is 0 Å². The molecule has 0 fully saturated rings. The number of nitrogens with two attached hydrogens (primary N) is 1. The van der Waals surface area contributed by atoms with E-state index in [4.69, 9.17) is 5.73 Å². The van der Waals surface area contributed by atoms with Gasteiger partial charge in [-0.15, -0.1) is 0 Å². The van der Waals surface area contributed by atoms with E-state index in [1.807, 2.05) is 51.1 Å². The molecule has 0 aliphatic carbocycles. The fourth-order valence-electron chi connectivity index (χ4n) is 1.13. The Bertz CT molecular complexity index is 286. The SMILES string of the molecule is CC.CCC.C[C@H](NC(=O)CN)c1ccccc1. The van der Waals surface area contributed by atoms with Crippen molar-refractivity contribution in [3.05, 3.63) is 35.9 Å². The van der Waals surface area contributed by atoms with Gasteiger partial charge in [0.1, 0.15) is 0 Å². The zero-order valence-corrected chi connectivity index (χ0v) is 12.4. The predicted octanol–water partition coefficient (Wildman–Crippen LogP) is 3.27. The first-order valence-electron chi connectivity index (χ1n) is 6.70. The Hall–Kier alpha value is -1.35. The fourth-order valence-corrected chi connectivity index (χ4v) is 1.13. The summed E-state index contributed by atoms with van der Waals surface area (Å²) in [5, 5.41) is 2.78. The van der Waals surface area contributed by atoms with Gasteiger partial charge in [0.25, 0.3) is 0 Å². The minimum atomic E-state index is -0.128. The van der Waals surface area contributed by atoms with Crippen molar-refractivity contribution in [2.75, 3.05) is 6.54 Å². The van der Waals surface area contributed by atoms with Crippen LogP contribution in [-0.4, -0.2) is 12.5 Å². The molecule has 1 aromatic rings. The van der Waals surface area contributed by atoms with E-state index in [0.717, 1.165) is 5.56 Å². The summed E-state index contributed by atoms with van der Waals surface area (Å²) in [6.45, 7) is 10.2. The molecule has 1 rings (SSSR count). The van der Waals surface area contributed by atoms with Crippen LogP contribution < -0.4 is 11.1 Å². The van der Waals surface area contributed by atoms with Crippen LogP contribution in [0.2, 0.25) is 0 Å². The molecule has 0 aliphatic heterocycles. The Kier molecular flexibility index (Phi) is 14.5. The number of hydrogen-bond donors (Lipinski definition) is 2. The molecule has 0 saturated heterocycles. The van der Waals surface area contributed by atoms with Crippen LogP contribution in [-0.2, 0) is 4.79 Å². The summed E-state index contributed by atoms with van der Waals surface area (Å²) in [7, 11) is 0. The van der Waals surface area contributed by atoms with Gasteiger partial charge in [-0.3, -0.25) is 4.79 Å². The molecule has 3 nitrogen and oxygen atoms in total. The minimum absolute atomic E-state index is 0.0252. The highest BCUT2D eigenvalue weighted by Gasteiger charge is 2.06. The lowest BCUT2D eigenvalue weighted by Gasteiger charge is -2.12. The van der Waals surface area contributed by atoms with E-state index in [9.17, 15) is 4.79 Å². The molecule has 3 heteroatoms. The molecule has 0 spiro atoms. The Morgan fingerprint density at radius 3 is 2.06 bits per heavy atom. The second-order valence-electron chi connectivity index (χ2n) is 3.61. The molecular weight excluding hydrogens is 224 g/mol. The lowest BCUT2D eigenvalue weighted by Crippen LogP contribution is -2.32. The molecule has 0 heterocycles. The van der Waals surface area contributed by atoms with Crippen molar-refractivity contribution < 1.29 is 4.79 Å². The van der Waals surface area contributed by atoms with Gasteiger partial charge in [-0.05, 0) is 12.5 Å². The van der Waals surface area contributed by atoms with E-state index in [2.05, 4.69) is 19.2 Å². The summed E-state index contributed by atoms with van der Waals surface area (Å²) < 4.78 is 0. The number of benzene rings is 1. The molecule has 0 unspecified atom stereocenters. The third kappa shape index (κ3) is 9.85. The van der Waals surface area contributed by atoms with Crippen LogP contribution in [0.4, 0.5) is 0 Å². The molecule has 0 aliphatic rings. The highest BCUT2D eigenvalue weighted by molar-refractivity contribution is 5.78. The second kappa shape index (κ2) is 13.7. The van der Waals surface area contributed by atoms with Crippen molar-refractivity contribution in [3.8, 4) is 0 Å². The zero-order valence-electron chi connectivity index (χ0n) is 12.4. The maximum Gasteiger partial charge on any atom is 0.234 e. The largest absolute Gasteiger partial charge is 0.348 e. The number of rotatable bonds is 3. The Balaban J connectivity index is 0. The van der Waals surface area contributed by atoms with Crippen molar-refractivity contribution in [1.29, 1.82) is 0 Å². The van der Waals surface area contributed by atoms with Gasteiger partial charge in [0, 0.05) is 0 Å². The van der Waals surface area contributed by atoms with Crippen molar-refractivity contribution in [2.45, 2.75) is 47.1 Å². The van der Waals surface area contributed by atoms with Crippen molar-refractivity contribution in [1.82, 2.24) is 5.32 Å². The standard InChI is InChI=1S/C10H14N2O.C3H8.C2H6/c1-8(12-10(13)7-11)9-5-3-2-4-6-9;1-3-2;1-2/h2-6,8H,7,11H2,1H3,(H,12,13);3H2,1-2H3;1-2H3/t8-;;/m0../s1. The smallest absolute Gasteiger partial charge is 0.234 e. The van der Waals surface area contributed by atoms with E-state index < -0.39 is 0 Å². The Morgan fingerprint density at radius 1 is 1.22 bits per heavy atom. The third-order valence-electron chi connectivity index (χ3n) is 1.86. The van der Waals surface area contributed by atoms with Crippen LogP contribution in [0, 0.1) is 0 Å². The molecule has 104 valence electrons. The first kappa shape index (κ1) is 19.0. The average Bonchev–Trinajstić information content (AvgIpc) is 2.42. The maximum atomic E-state index is 11.0. The van der Waals surface area contributed by atoms with Gasteiger partial charge in [0.05, 0.1) is 12.6 Å². The molecule has 0 radical (unpaired) electrons. The summed E-state index contributed by atoms with van der Waals surface area (Å²) in [4.78, 5) is 11.0. The quantitative estimate of drug-likeness (QED) is 0.867. The van der Waals surface area contributed by atoms with E-state index in [1.165, 1.54) is 6.42 Å². The molecule has 0 aromatic heterocycles. The normalized spacial score (nSPS) is 10.1. The lowest BCUT2D eigenvalue weighted by molar-refractivity contribution is -0.120. The van der Waals surface area contributed by atoms with E-state index in [-0.39, 0.29) is 18.5 Å². The van der Waals surface area contributed by atoms with Gasteiger partial charge in [-0.25, -0.2) is 0 Å². The molecule has 0 saturated carbocycles. The van der Waals surface area contributed by atoms with Crippen LogP contribution in [0.25, 0.3) is 0 Å². The number of hydrogen-bond acceptors (Lipinski definition) is 2. The summed E-state index contributed by atoms with van der Waals surface area (Å²) in [6, 6.07) is 9.81. The number of carbonyl (C=O) groups is 1. The number of carbonyl (C=O) groups excluding carboxylic acids is 1. The summed E-state index contributed by atoms with van der Waals surface area (Å²) in [6.07, 6.45) is 1.25. The molecule has 18 heavy (non-hydrogen) atoms. The molecule has 1 amide bonds. The number of amides is 1. The minimum Gasteiger partial charge on any atom is -0.348 e. The highest BCUT2D eigenvalue weighted by atomic mass is 16.1. The fraction of sp³-hybridized carbons (Fsp3) is 0.533. The summed E-state index contributed by atoms with van der Waals surface area (Å²) >= 11 is 0. The van der Waals surface area contributed by atoms with Gasteiger partial charge in [-0.1, -0.05) is 64.4 Å². The van der Waals surface area contributed by atoms with Gasteiger partial charge in [0.2, 0.25) is 5.91 Å². The van der Waals surface area contributed by atoms with Crippen LogP contribution in [0.3, 0.4) is 0 Å². The first-order valence-corrected chi connectivity index (χ1v) is 6.70. The van der Waals surface area contributed by atoms with Gasteiger partial charge < -0.3 is 11.1 Å². The Morgan fingerprint density at radius 2 is 1.67 bits per heavy atom. The van der Waals surface area contributed by atoms with Crippen LogP contribution in [0.5, 0.6) is 0 Å². The topological polar surface area (TPSA) is 55.1 Å². The van der Waals surface area contributed by atoms with Gasteiger partial charge in [-0.2, -0.15) is 0 Å². The van der Waals surface area contributed by atoms with Crippen LogP contribution in [0.15, 0.2) is 30.3 Å². The zero-order chi connectivity index (χ0) is 14.4. The maximum absolute atomic E-state index is 11.0. The first-order chi connectivity index (χ1) is 8.65. The molecule has 1 aromatic carbocycles. The van der Waals surface area contributed by atoms with Crippen molar-refractivity contribution in [3.63, 3.8) is 0 Å².